The summed E-state index contributed by atoms with van der Waals surface area (Å²) in [6.07, 6.45) is 1.63. The molecule has 0 aliphatic heterocycles. The molecule has 0 amide bonds. The van der Waals surface area contributed by atoms with Crippen molar-refractivity contribution in [2.24, 2.45) is 5.73 Å². The van der Waals surface area contributed by atoms with Gasteiger partial charge in [-0.3, -0.25) is 0 Å². The van der Waals surface area contributed by atoms with Gasteiger partial charge in [0.25, 0.3) is 0 Å². The molecule has 2 rings (SSSR count). The minimum Gasteiger partial charge on any atom is -0.385 e. The van der Waals surface area contributed by atoms with Crippen molar-refractivity contribution in [3.63, 3.8) is 0 Å². The molecule has 1 heterocycles. The Labute approximate surface area is 133 Å². The van der Waals surface area contributed by atoms with Crippen molar-refractivity contribution < 1.29 is 9.26 Å². The molecule has 0 spiro atoms. The van der Waals surface area contributed by atoms with Crippen LogP contribution in [0.1, 0.15) is 30.6 Å². The quantitative estimate of drug-likeness (QED) is 0.591. The minimum absolute atomic E-state index is 0.234. The number of hydrogen-bond acceptors (Lipinski definition) is 6. The van der Waals surface area contributed by atoms with Gasteiger partial charge in [0.15, 0.2) is 5.82 Å². The van der Waals surface area contributed by atoms with Crippen LogP contribution in [0.25, 0.3) is 0 Å². The fourth-order valence-corrected chi connectivity index (χ4v) is 2.59. The summed E-state index contributed by atoms with van der Waals surface area (Å²) in [4.78, 5) is 5.44. The first-order valence-electron chi connectivity index (χ1n) is 6.64. The number of halogens is 1. The van der Waals surface area contributed by atoms with Gasteiger partial charge < -0.3 is 15.0 Å². The summed E-state index contributed by atoms with van der Waals surface area (Å²) in [5.74, 6) is 1.76. The Kier molecular flexibility index (Phi) is 6.50. The summed E-state index contributed by atoms with van der Waals surface area (Å²) >= 11 is 7.47. The summed E-state index contributed by atoms with van der Waals surface area (Å²) in [6, 6.07) is 7.41. The topological polar surface area (TPSA) is 74.2 Å². The molecule has 2 N–H and O–H groups in total. The largest absolute Gasteiger partial charge is 0.385 e. The molecule has 7 heteroatoms. The molecule has 1 aromatic heterocycles. The minimum atomic E-state index is -0.234. The highest BCUT2D eigenvalue weighted by Gasteiger charge is 2.14. The van der Waals surface area contributed by atoms with Crippen LogP contribution in [0, 0.1) is 0 Å². The molecule has 0 fully saturated rings. The lowest BCUT2D eigenvalue weighted by Crippen LogP contribution is -2.11. The Morgan fingerprint density at radius 2 is 2.14 bits per heavy atom. The highest BCUT2D eigenvalue weighted by atomic mass is 35.5. The van der Waals surface area contributed by atoms with Crippen molar-refractivity contribution in [2.75, 3.05) is 13.7 Å². The first-order valence-corrected chi connectivity index (χ1v) is 8.00. The summed E-state index contributed by atoms with van der Waals surface area (Å²) in [5.41, 5.74) is 6.00. The van der Waals surface area contributed by atoms with Crippen LogP contribution in [-0.2, 0) is 10.5 Å². The van der Waals surface area contributed by atoms with Crippen molar-refractivity contribution in [2.45, 2.75) is 29.5 Å². The smallest absolute Gasteiger partial charge is 0.243 e. The SMILES string of the molecule is COCCCC(N)c1nc(CSc2ccc(Cl)cc2)no1. The average Bonchev–Trinajstić information content (AvgIpc) is 2.96. The molecule has 0 aliphatic rings. The second-order valence-corrected chi connectivity index (χ2v) is 6.02. The molecule has 0 saturated heterocycles. The van der Waals surface area contributed by atoms with Crippen LogP contribution in [0.3, 0.4) is 0 Å². The van der Waals surface area contributed by atoms with Crippen molar-refractivity contribution in [3.8, 4) is 0 Å². The third kappa shape index (κ3) is 5.32. The van der Waals surface area contributed by atoms with Crippen LogP contribution in [0.4, 0.5) is 0 Å². The van der Waals surface area contributed by atoms with Crippen LogP contribution in [-0.4, -0.2) is 23.9 Å². The van der Waals surface area contributed by atoms with Gasteiger partial charge >= 0.3 is 0 Å². The molecular formula is C14H18ClN3O2S. The van der Waals surface area contributed by atoms with Gasteiger partial charge in [-0.2, -0.15) is 4.98 Å². The number of nitrogens with zero attached hydrogens (tertiary/aromatic N) is 2. The van der Waals surface area contributed by atoms with E-state index in [1.54, 1.807) is 18.9 Å². The zero-order valence-electron chi connectivity index (χ0n) is 11.8. The maximum atomic E-state index is 6.00. The Balaban J connectivity index is 1.83. The van der Waals surface area contributed by atoms with E-state index in [0.29, 0.717) is 24.1 Å². The number of rotatable bonds is 8. The standard InChI is InChI=1S/C14H18ClN3O2S/c1-19-8-2-3-12(16)14-17-13(18-20-14)9-21-11-6-4-10(15)5-7-11/h4-7,12H,2-3,8-9,16H2,1H3. The molecule has 0 aliphatic carbocycles. The normalized spacial score (nSPS) is 12.5. The molecule has 0 saturated carbocycles. The van der Waals surface area contributed by atoms with Crippen molar-refractivity contribution >= 4 is 23.4 Å². The van der Waals surface area contributed by atoms with E-state index < -0.39 is 0 Å². The van der Waals surface area contributed by atoms with Gasteiger partial charge in [0.05, 0.1) is 11.8 Å². The zero-order chi connectivity index (χ0) is 15.1. The number of hydrogen-bond donors (Lipinski definition) is 1. The summed E-state index contributed by atoms with van der Waals surface area (Å²) < 4.78 is 10.2. The zero-order valence-corrected chi connectivity index (χ0v) is 13.4. The van der Waals surface area contributed by atoms with Gasteiger partial charge in [0.1, 0.15) is 0 Å². The van der Waals surface area contributed by atoms with Crippen LogP contribution in [0.2, 0.25) is 5.02 Å². The van der Waals surface area contributed by atoms with E-state index in [0.717, 1.165) is 22.8 Å². The van der Waals surface area contributed by atoms with Gasteiger partial charge in [-0.05, 0) is 37.1 Å². The first kappa shape index (κ1) is 16.3. The van der Waals surface area contributed by atoms with Crippen LogP contribution < -0.4 is 5.73 Å². The van der Waals surface area contributed by atoms with E-state index in [-0.39, 0.29) is 6.04 Å². The lowest BCUT2D eigenvalue weighted by molar-refractivity contribution is 0.188. The van der Waals surface area contributed by atoms with Gasteiger partial charge in [-0.15, -0.1) is 11.8 Å². The van der Waals surface area contributed by atoms with Gasteiger partial charge in [0, 0.05) is 23.6 Å². The maximum Gasteiger partial charge on any atom is 0.243 e. The first-order chi connectivity index (χ1) is 10.2. The predicted molar refractivity (Wildman–Crippen MR) is 83.3 cm³/mol. The molecule has 1 aromatic carbocycles. The van der Waals surface area contributed by atoms with Crippen molar-refractivity contribution in [3.05, 3.63) is 41.0 Å². The van der Waals surface area contributed by atoms with Crippen molar-refractivity contribution in [1.82, 2.24) is 10.1 Å². The highest BCUT2D eigenvalue weighted by Crippen LogP contribution is 2.24. The van der Waals surface area contributed by atoms with E-state index in [2.05, 4.69) is 10.1 Å². The molecule has 2 aromatic rings. The number of methoxy groups -OCH3 is 1. The summed E-state index contributed by atoms with van der Waals surface area (Å²) in [7, 11) is 1.67. The highest BCUT2D eigenvalue weighted by molar-refractivity contribution is 7.98. The predicted octanol–water partition coefficient (Wildman–Crippen LogP) is 3.44. The van der Waals surface area contributed by atoms with Gasteiger partial charge in [0.2, 0.25) is 5.89 Å². The molecule has 0 bridgehead atoms. The van der Waals surface area contributed by atoms with E-state index >= 15 is 0 Å². The van der Waals surface area contributed by atoms with E-state index in [9.17, 15) is 0 Å². The number of thioether (sulfide) groups is 1. The molecular weight excluding hydrogens is 310 g/mol. The molecule has 114 valence electrons. The monoisotopic (exact) mass is 327 g/mol. The average molecular weight is 328 g/mol. The number of nitrogens with two attached hydrogens (primary N) is 1. The lowest BCUT2D eigenvalue weighted by atomic mass is 10.2. The second-order valence-electron chi connectivity index (χ2n) is 4.53. The van der Waals surface area contributed by atoms with Crippen LogP contribution in [0.5, 0.6) is 0 Å². The summed E-state index contributed by atoms with van der Waals surface area (Å²) in [6.45, 7) is 0.682. The van der Waals surface area contributed by atoms with Crippen LogP contribution >= 0.6 is 23.4 Å². The van der Waals surface area contributed by atoms with Gasteiger partial charge in [-0.1, -0.05) is 16.8 Å². The lowest BCUT2D eigenvalue weighted by Gasteiger charge is -2.04. The fourth-order valence-electron chi connectivity index (χ4n) is 1.73. The maximum absolute atomic E-state index is 6.00. The van der Waals surface area contributed by atoms with Crippen LogP contribution in [0.15, 0.2) is 33.7 Å². The van der Waals surface area contributed by atoms with E-state index in [1.165, 1.54) is 0 Å². The Bertz CT molecular complexity index is 547. The van der Waals surface area contributed by atoms with E-state index in [1.807, 2.05) is 24.3 Å². The Hall–Kier alpha value is -1.08. The number of ether oxygens (including phenoxy) is 1. The molecule has 21 heavy (non-hydrogen) atoms. The molecule has 5 nitrogen and oxygen atoms in total. The third-order valence-corrected chi connectivity index (χ3v) is 4.11. The molecule has 0 radical (unpaired) electrons. The number of benzene rings is 1. The third-order valence-electron chi connectivity index (χ3n) is 2.85. The summed E-state index contributed by atoms with van der Waals surface area (Å²) in [5, 5.41) is 4.68. The van der Waals surface area contributed by atoms with Gasteiger partial charge in [-0.25, -0.2) is 0 Å². The molecule has 1 atom stereocenters. The fraction of sp³-hybridized carbons (Fsp3) is 0.429. The second kappa shape index (κ2) is 8.38. The Morgan fingerprint density at radius 1 is 1.38 bits per heavy atom. The number of aromatic nitrogens is 2. The molecule has 1 unspecified atom stereocenters. The van der Waals surface area contributed by atoms with Crippen molar-refractivity contribution in [1.29, 1.82) is 0 Å². The Morgan fingerprint density at radius 3 is 2.86 bits per heavy atom. The van der Waals surface area contributed by atoms with E-state index in [4.69, 9.17) is 26.6 Å².